The molecule has 18 heavy (non-hydrogen) atoms. The first-order valence-electron chi connectivity index (χ1n) is 5.04. The molecular weight excluding hydrogens is 265 g/mol. The van der Waals surface area contributed by atoms with E-state index < -0.39 is 25.0 Å². The molecule has 0 atom stereocenters. The van der Waals surface area contributed by atoms with Crippen molar-refractivity contribution < 1.29 is 18.0 Å². The third-order valence-corrected chi connectivity index (χ3v) is 2.34. The van der Waals surface area contributed by atoms with E-state index in [0.717, 1.165) is 0 Å². The van der Waals surface area contributed by atoms with E-state index in [4.69, 9.17) is 18.0 Å². The Bertz CT molecular complexity index is 460. The molecule has 0 aliphatic carbocycles. The quantitative estimate of drug-likeness (QED) is 0.827. The van der Waals surface area contributed by atoms with Crippen LogP contribution in [0.25, 0.3) is 0 Å². The van der Waals surface area contributed by atoms with Gasteiger partial charge in [-0.25, -0.2) is 0 Å². The number of hydrogen-bond acceptors (Lipinski definition) is 2. The minimum Gasteiger partial charge on any atom is -0.389 e. The fraction of sp³-hybridized carbons (Fsp3) is 0.273. The lowest BCUT2D eigenvalue weighted by atomic mass is 10.1. The van der Waals surface area contributed by atoms with Gasteiger partial charge in [0.15, 0.2) is 0 Å². The maximum atomic E-state index is 11.9. The van der Waals surface area contributed by atoms with Crippen molar-refractivity contribution in [2.24, 2.45) is 5.73 Å². The van der Waals surface area contributed by atoms with Crippen LogP contribution in [-0.4, -0.2) is 23.6 Å². The highest BCUT2D eigenvalue weighted by Crippen LogP contribution is 2.18. The molecule has 0 saturated carbocycles. The molecule has 7 heteroatoms. The number of alkyl halides is 3. The Morgan fingerprint density at radius 2 is 1.94 bits per heavy atom. The molecule has 0 unspecified atom stereocenters. The standard InChI is InChI=1S/C11H11F3N2OS/c12-11(13,14)4-5-16-10(17)8-3-1-2-7(6-8)9(15)18/h1-3,6H,4-5H2,(H2,15,18)(H,16,17). The number of hydrogen-bond donors (Lipinski definition) is 2. The number of amides is 1. The maximum Gasteiger partial charge on any atom is 0.390 e. The molecule has 1 aromatic rings. The van der Waals surface area contributed by atoms with E-state index in [-0.39, 0.29) is 10.6 Å². The number of nitrogens with one attached hydrogen (secondary N) is 1. The van der Waals surface area contributed by atoms with Crippen LogP contribution < -0.4 is 11.1 Å². The highest BCUT2D eigenvalue weighted by atomic mass is 32.1. The summed E-state index contributed by atoms with van der Waals surface area (Å²) in [4.78, 5) is 11.7. The van der Waals surface area contributed by atoms with E-state index in [0.29, 0.717) is 5.56 Å². The van der Waals surface area contributed by atoms with Gasteiger partial charge < -0.3 is 11.1 Å². The monoisotopic (exact) mass is 276 g/mol. The van der Waals surface area contributed by atoms with Gasteiger partial charge in [0.25, 0.3) is 5.91 Å². The molecule has 3 nitrogen and oxygen atoms in total. The first kappa shape index (κ1) is 14.4. The van der Waals surface area contributed by atoms with Crippen LogP contribution in [0.4, 0.5) is 13.2 Å². The first-order valence-corrected chi connectivity index (χ1v) is 5.45. The number of thiocarbonyl (C=S) groups is 1. The van der Waals surface area contributed by atoms with Crippen LogP contribution in [0.3, 0.4) is 0 Å². The number of carbonyl (C=O) groups excluding carboxylic acids is 1. The van der Waals surface area contributed by atoms with Crippen LogP contribution in [0.1, 0.15) is 22.3 Å². The molecule has 0 aromatic heterocycles. The highest BCUT2D eigenvalue weighted by Gasteiger charge is 2.26. The molecule has 0 saturated heterocycles. The van der Waals surface area contributed by atoms with E-state index in [2.05, 4.69) is 5.32 Å². The summed E-state index contributed by atoms with van der Waals surface area (Å²) >= 11 is 4.74. The molecule has 0 radical (unpaired) electrons. The van der Waals surface area contributed by atoms with Crippen molar-refractivity contribution in [1.82, 2.24) is 5.32 Å². The zero-order valence-electron chi connectivity index (χ0n) is 9.25. The van der Waals surface area contributed by atoms with Gasteiger partial charge in [-0.1, -0.05) is 24.4 Å². The Labute approximate surface area is 107 Å². The summed E-state index contributed by atoms with van der Waals surface area (Å²) in [6, 6.07) is 6.10. The molecule has 1 aromatic carbocycles. The van der Waals surface area contributed by atoms with Gasteiger partial charge in [0, 0.05) is 17.7 Å². The lowest BCUT2D eigenvalue weighted by Gasteiger charge is -2.08. The molecular formula is C11H11F3N2OS. The fourth-order valence-electron chi connectivity index (χ4n) is 1.23. The average Bonchev–Trinajstić information content (AvgIpc) is 2.27. The van der Waals surface area contributed by atoms with Gasteiger partial charge in [0.2, 0.25) is 0 Å². The van der Waals surface area contributed by atoms with Crippen LogP contribution in [0, 0.1) is 0 Å². The number of nitrogens with two attached hydrogens (primary N) is 1. The van der Waals surface area contributed by atoms with Gasteiger partial charge in [-0.2, -0.15) is 13.2 Å². The van der Waals surface area contributed by atoms with Crippen LogP contribution in [0.2, 0.25) is 0 Å². The van der Waals surface area contributed by atoms with Crippen LogP contribution in [-0.2, 0) is 0 Å². The van der Waals surface area contributed by atoms with Crippen LogP contribution in [0.5, 0.6) is 0 Å². The van der Waals surface area contributed by atoms with Crippen molar-refractivity contribution in [1.29, 1.82) is 0 Å². The van der Waals surface area contributed by atoms with Gasteiger partial charge in [0.05, 0.1) is 6.42 Å². The van der Waals surface area contributed by atoms with Crippen molar-refractivity contribution in [3.8, 4) is 0 Å². The number of carbonyl (C=O) groups is 1. The summed E-state index contributed by atoms with van der Waals surface area (Å²) < 4.78 is 35.7. The van der Waals surface area contributed by atoms with E-state index in [9.17, 15) is 18.0 Å². The molecule has 1 rings (SSSR count). The molecule has 0 aliphatic rings. The number of benzene rings is 1. The van der Waals surface area contributed by atoms with Crippen molar-refractivity contribution in [2.45, 2.75) is 12.6 Å². The summed E-state index contributed by atoms with van der Waals surface area (Å²) in [6.45, 7) is -0.459. The molecule has 0 spiro atoms. The molecule has 0 fully saturated rings. The molecule has 1 amide bonds. The Hall–Kier alpha value is -1.63. The fourth-order valence-corrected chi connectivity index (χ4v) is 1.36. The van der Waals surface area contributed by atoms with Crippen molar-refractivity contribution in [3.63, 3.8) is 0 Å². The van der Waals surface area contributed by atoms with Crippen molar-refractivity contribution in [3.05, 3.63) is 35.4 Å². The van der Waals surface area contributed by atoms with E-state index in [1.807, 2.05) is 0 Å². The topological polar surface area (TPSA) is 55.1 Å². The Morgan fingerprint density at radius 1 is 1.33 bits per heavy atom. The van der Waals surface area contributed by atoms with Crippen LogP contribution >= 0.6 is 12.2 Å². The molecule has 3 N–H and O–H groups in total. The average molecular weight is 276 g/mol. The predicted octanol–water partition coefficient (Wildman–Crippen LogP) is 2.00. The van der Waals surface area contributed by atoms with Crippen LogP contribution in [0.15, 0.2) is 24.3 Å². The van der Waals surface area contributed by atoms with Gasteiger partial charge in [0.1, 0.15) is 4.99 Å². The minimum absolute atomic E-state index is 0.125. The predicted molar refractivity (Wildman–Crippen MR) is 65.3 cm³/mol. The summed E-state index contributed by atoms with van der Waals surface area (Å²) in [5.41, 5.74) is 6.11. The molecule has 0 bridgehead atoms. The summed E-state index contributed by atoms with van der Waals surface area (Å²) in [7, 11) is 0. The molecule has 98 valence electrons. The van der Waals surface area contributed by atoms with Crippen molar-refractivity contribution >= 4 is 23.1 Å². The maximum absolute atomic E-state index is 11.9. The number of halogens is 3. The third-order valence-electron chi connectivity index (χ3n) is 2.10. The van der Waals surface area contributed by atoms with Gasteiger partial charge in [-0.3, -0.25) is 4.79 Å². The minimum atomic E-state index is -4.28. The second kappa shape index (κ2) is 5.81. The summed E-state index contributed by atoms with van der Waals surface area (Å²) in [6.07, 6.45) is -5.35. The zero-order valence-corrected chi connectivity index (χ0v) is 10.1. The van der Waals surface area contributed by atoms with Gasteiger partial charge in [-0.05, 0) is 12.1 Å². The second-order valence-corrected chi connectivity index (χ2v) is 4.01. The number of rotatable bonds is 4. The van der Waals surface area contributed by atoms with E-state index >= 15 is 0 Å². The van der Waals surface area contributed by atoms with E-state index in [1.165, 1.54) is 12.1 Å². The second-order valence-electron chi connectivity index (χ2n) is 3.57. The van der Waals surface area contributed by atoms with E-state index in [1.54, 1.807) is 12.1 Å². The molecule has 0 aliphatic heterocycles. The largest absolute Gasteiger partial charge is 0.390 e. The Kier molecular flexibility index (Phi) is 4.66. The Balaban J connectivity index is 2.62. The van der Waals surface area contributed by atoms with Crippen molar-refractivity contribution in [2.75, 3.05) is 6.54 Å². The smallest absolute Gasteiger partial charge is 0.389 e. The Morgan fingerprint density at radius 3 is 2.50 bits per heavy atom. The first-order chi connectivity index (χ1) is 8.29. The zero-order chi connectivity index (χ0) is 13.8. The third kappa shape index (κ3) is 4.70. The lowest BCUT2D eigenvalue weighted by molar-refractivity contribution is -0.132. The highest BCUT2D eigenvalue weighted by molar-refractivity contribution is 7.80. The summed E-state index contributed by atoms with van der Waals surface area (Å²) in [5, 5.41) is 2.18. The summed E-state index contributed by atoms with van der Waals surface area (Å²) in [5.74, 6) is -0.586. The SMILES string of the molecule is NC(=S)c1cccc(C(=O)NCCC(F)(F)F)c1. The van der Waals surface area contributed by atoms with Gasteiger partial charge in [-0.15, -0.1) is 0 Å². The molecule has 0 heterocycles. The normalized spacial score (nSPS) is 11.1. The van der Waals surface area contributed by atoms with Gasteiger partial charge >= 0.3 is 6.18 Å². The lowest BCUT2D eigenvalue weighted by Crippen LogP contribution is -2.28.